The van der Waals surface area contributed by atoms with E-state index in [0.717, 1.165) is 11.3 Å². The second-order valence-electron chi connectivity index (χ2n) is 4.32. The topological polar surface area (TPSA) is 58.0 Å². The molecule has 0 aliphatic carbocycles. The third-order valence-corrected chi connectivity index (χ3v) is 2.54. The van der Waals surface area contributed by atoms with Gasteiger partial charge in [0, 0.05) is 10.5 Å². The molecule has 1 aromatic rings. The average Bonchev–Trinajstić information content (AvgIpc) is 2.16. The van der Waals surface area contributed by atoms with E-state index in [4.69, 9.17) is 10.3 Å². The van der Waals surface area contributed by atoms with Crippen LogP contribution in [0, 0.1) is 0 Å². The summed E-state index contributed by atoms with van der Waals surface area (Å²) in [6.07, 6.45) is 0.716. The third kappa shape index (κ3) is 1.90. The molecule has 1 aliphatic heterocycles. The molecule has 0 radical (unpaired) electrons. The van der Waals surface area contributed by atoms with Gasteiger partial charge in [-0.15, -0.1) is 0 Å². The molecular weight excluding hydrogens is 190 g/mol. The van der Waals surface area contributed by atoms with Gasteiger partial charge in [0.05, 0.1) is 6.04 Å². The molecule has 1 heterocycles. The fraction of sp³-hybridized carbons (Fsp3) is 0.455. The highest BCUT2D eigenvalue weighted by atomic mass is 16.5. The van der Waals surface area contributed by atoms with Gasteiger partial charge in [-0.3, -0.25) is 0 Å². The molecule has 1 aliphatic rings. The molecular formula is C11H13N3O. The Balaban J connectivity index is 2.47. The van der Waals surface area contributed by atoms with Gasteiger partial charge in [0.25, 0.3) is 0 Å². The Morgan fingerprint density at radius 3 is 2.93 bits per heavy atom. The van der Waals surface area contributed by atoms with Crippen LogP contribution in [0.15, 0.2) is 29.4 Å². The highest BCUT2D eigenvalue weighted by Crippen LogP contribution is 2.41. The lowest BCUT2D eigenvalue weighted by Gasteiger charge is -2.35. The second kappa shape index (κ2) is 3.48. The Bertz CT molecular complexity index is 422. The van der Waals surface area contributed by atoms with E-state index in [0.29, 0.717) is 6.42 Å². The number of hydrogen-bond acceptors (Lipinski definition) is 2. The molecule has 0 unspecified atom stereocenters. The summed E-state index contributed by atoms with van der Waals surface area (Å²) in [7, 11) is 0. The fourth-order valence-electron chi connectivity index (χ4n) is 1.93. The maximum absolute atomic E-state index is 8.53. The Morgan fingerprint density at radius 2 is 2.20 bits per heavy atom. The highest BCUT2D eigenvalue weighted by Gasteiger charge is 2.32. The predicted octanol–water partition coefficient (Wildman–Crippen LogP) is 3.60. The van der Waals surface area contributed by atoms with Crippen molar-refractivity contribution in [2.24, 2.45) is 5.11 Å². The molecule has 1 aromatic carbocycles. The average molecular weight is 203 g/mol. The summed E-state index contributed by atoms with van der Waals surface area (Å²) in [4.78, 5) is 2.89. The van der Waals surface area contributed by atoms with Crippen molar-refractivity contribution in [3.63, 3.8) is 0 Å². The lowest BCUT2D eigenvalue weighted by Crippen LogP contribution is -2.34. The molecule has 0 spiro atoms. The number of nitrogens with zero attached hydrogens (tertiary/aromatic N) is 3. The molecule has 15 heavy (non-hydrogen) atoms. The van der Waals surface area contributed by atoms with Crippen LogP contribution >= 0.6 is 0 Å². The quantitative estimate of drug-likeness (QED) is 0.391. The molecule has 0 saturated heterocycles. The Labute approximate surface area is 88.5 Å². The van der Waals surface area contributed by atoms with Gasteiger partial charge in [0.15, 0.2) is 0 Å². The molecule has 0 saturated carbocycles. The van der Waals surface area contributed by atoms with Gasteiger partial charge < -0.3 is 4.74 Å². The standard InChI is InChI=1S/C11H13N3O/c1-11(2)7-9(13-14-12)8-5-3-4-6-10(8)15-11/h3-6,9H,7H2,1-2H3/t9-/m1/s1. The normalized spacial score (nSPS) is 22.1. The van der Waals surface area contributed by atoms with Gasteiger partial charge in [0.2, 0.25) is 0 Å². The zero-order valence-electron chi connectivity index (χ0n) is 8.84. The van der Waals surface area contributed by atoms with E-state index < -0.39 is 0 Å². The van der Waals surface area contributed by atoms with Gasteiger partial charge in [-0.2, -0.15) is 0 Å². The van der Waals surface area contributed by atoms with Gasteiger partial charge in [-0.05, 0) is 31.9 Å². The zero-order chi connectivity index (χ0) is 10.9. The highest BCUT2D eigenvalue weighted by molar-refractivity contribution is 5.38. The van der Waals surface area contributed by atoms with Crippen LogP contribution in [0.1, 0.15) is 31.9 Å². The fourth-order valence-corrected chi connectivity index (χ4v) is 1.93. The summed E-state index contributed by atoms with van der Waals surface area (Å²) in [5.41, 5.74) is 9.24. The van der Waals surface area contributed by atoms with Crippen molar-refractivity contribution >= 4 is 0 Å². The molecule has 1 atom stereocenters. The molecule has 4 heteroatoms. The van der Waals surface area contributed by atoms with Crippen molar-refractivity contribution in [3.8, 4) is 5.75 Å². The summed E-state index contributed by atoms with van der Waals surface area (Å²) in [5.74, 6) is 0.825. The van der Waals surface area contributed by atoms with E-state index in [1.54, 1.807) is 0 Å². The number of fused-ring (bicyclic) bond motifs is 1. The monoisotopic (exact) mass is 203 g/mol. The van der Waals surface area contributed by atoms with Crippen molar-refractivity contribution < 1.29 is 4.74 Å². The van der Waals surface area contributed by atoms with Crippen LogP contribution in [-0.2, 0) is 0 Å². The molecule has 4 nitrogen and oxygen atoms in total. The maximum atomic E-state index is 8.53. The number of ether oxygens (including phenoxy) is 1. The first kappa shape index (κ1) is 9.87. The number of para-hydroxylation sites is 1. The molecule has 0 bridgehead atoms. The van der Waals surface area contributed by atoms with Crippen LogP contribution < -0.4 is 4.74 Å². The van der Waals surface area contributed by atoms with Crippen LogP contribution in [-0.4, -0.2) is 5.60 Å². The smallest absolute Gasteiger partial charge is 0.123 e. The minimum atomic E-state index is -0.271. The summed E-state index contributed by atoms with van der Waals surface area (Å²) < 4.78 is 5.81. The van der Waals surface area contributed by atoms with Crippen molar-refractivity contribution in [1.29, 1.82) is 0 Å². The van der Waals surface area contributed by atoms with E-state index in [1.807, 2.05) is 38.1 Å². The maximum Gasteiger partial charge on any atom is 0.123 e. The van der Waals surface area contributed by atoms with Crippen LogP contribution in [0.4, 0.5) is 0 Å². The molecule has 2 rings (SSSR count). The van der Waals surface area contributed by atoms with Gasteiger partial charge >= 0.3 is 0 Å². The molecule has 0 aromatic heterocycles. The zero-order valence-corrected chi connectivity index (χ0v) is 8.84. The lowest BCUT2D eigenvalue weighted by molar-refractivity contribution is 0.0729. The van der Waals surface area contributed by atoms with E-state index in [2.05, 4.69) is 10.0 Å². The van der Waals surface area contributed by atoms with Crippen molar-refractivity contribution in [2.45, 2.75) is 31.9 Å². The minimum absolute atomic E-state index is 0.116. The van der Waals surface area contributed by atoms with Crippen LogP contribution in [0.5, 0.6) is 5.75 Å². The summed E-state index contributed by atoms with van der Waals surface area (Å²) in [6, 6.07) is 7.60. The van der Waals surface area contributed by atoms with E-state index >= 15 is 0 Å². The van der Waals surface area contributed by atoms with Crippen LogP contribution in [0.3, 0.4) is 0 Å². The Hall–Kier alpha value is -1.67. The van der Waals surface area contributed by atoms with E-state index in [9.17, 15) is 0 Å². The molecule has 0 fully saturated rings. The van der Waals surface area contributed by atoms with Crippen molar-refractivity contribution in [1.82, 2.24) is 0 Å². The lowest BCUT2D eigenvalue weighted by atomic mass is 9.90. The van der Waals surface area contributed by atoms with E-state index in [1.165, 1.54) is 0 Å². The SMILES string of the molecule is CC1(C)C[C@@H](N=[N+]=[N-])c2ccccc2O1. The Kier molecular flexibility index (Phi) is 2.29. The number of rotatable bonds is 1. The molecule has 78 valence electrons. The number of benzene rings is 1. The van der Waals surface area contributed by atoms with Crippen LogP contribution in [0.25, 0.3) is 10.4 Å². The van der Waals surface area contributed by atoms with Crippen molar-refractivity contribution in [2.75, 3.05) is 0 Å². The first-order chi connectivity index (χ1) is 7.12. The minimum Gasteiger partial charge on any atom is -0.488 e. The predicted molar refractivity (Wildman–Crippen MR) is 57.7 cm³/mol. The first-order valence-corrected chi connectivity index (χ1v) is 4.94. The summed E-state index contributed by atoms with van der Waals surface area (Å²) in [5, 5.41) is 3.82. The van der Waals surface area contributed by atoms with Gasteiger partial charge in [-0.1, -0.05) is 23.3 Å². The Morgan fingerprint density at radius 1 is 1.47 bits per heavy atom. The first-order valence-electron chi connectivity index (χ1n) is 4.94. The van der Waals surface area contributed by atoms with Crippen molar-refractivity contribution in [3.05, 3.63) is 40.3 Å². The largest absolute Gasteiger partial charge is 0.488 e. The second-order valence-corrected chi connectivity index (χ2v) is 4.32. The number of azide groups is 1. The molecule has 0 amide bonds. The summed E-state index contributed by atoms with van der Waals surface area (Å²) >= 11 is 0. The summed E-state index contributed by atoms with van der Waals surface area (Å²) in [6.45, 7) is 4.01. The van der Waals surface area contributed by atoms with Gasteiger partial charge in [-0.25, -0.2) is 0 Å². The number of hydrogen-bond donors (Lipinski definition) is 0. The van der Waals surface area contributed by atoms with E-state index in [-0.39, 0.29) is 11.6 Å². The molecule has 0 N–H and O–H groups in total. The van der Waals surface area contributed by atoms with Crippen LogP contribution in [0.2, 0.25) is 0 Å². The third-order valence-electron chi connectivity index (χ3n) is 2.54. The van der Waals surface area contributed by atoms with Gasteiger partial charge in [0.1, 0.15) is 11.4 Å².